The highest BCUT2D eigenvalue weighted by molar-refractivity contribution is 5.95. The second-order valence-electron chi connectivity index (χ2n) is 12.4. The largest absolute Gasteiger partial charge is 0.389 e. The van der Waals surface area contributed by atoms with Gasteiger partial charge in [0.05, 0.1) is 11.7 Å². The Hall–Kier alpha value is -2.12. The highest BCUT2D eigenvalue weighted by Crippen LogP contribution is 2.70. The zero-order chi connectivity index (χ0) is 25.1. The number of rotatable bonds is 2. The van der Waals surface area contributed by atoms with Crippen molar-refractivity contribution in [2.24, 2.45) is 11.3 Å². The molecule has 3 heterocycles. The van der Waals surface area contributed by atoms with Crippen molar-refractivity contribution in [2.75, 3.05) is 14.1 Å². The van der Waals surface area contributed by atoms with Gasteiger partial charge in [-0.2, -0.15) is 0 Å². The number of hydrogen-bond acceptors (Lipinski definition) is 5. The van der Waals surface area contributed by atoms with Gasteiger partial charge >= 0.3 is 0 Å². The van der Waals surface area contributed by atoms with Crippen LogP contribution in [0, 0.1) is 11.3 Å². The summed E-state index contributed by atoms with van der Waals surface area (Å²) in [5, 5.41) is 24.3. The first kappa shape index (κ1) is 23.0. The monoisotopic (exact) mass is 490 g/mol. The van der Waals surface area contributed by atoms with Gasteiger partial charge in [-0.15, -0.1) is 0 Å². The summed E-state index contributed by atoms with van der Waals surface area (Å²) in [6.45, 7) is 2.35. The third-order valence-corrected chi connectivity index (χ3v) is 10.7. The number of fused-ring (bicyclic) bond motifs is 2. The first-order valence-electron chi connectivity index (χ1n) is 13.3. The molecule has 2 aromatic rings. The second kappa shape index (κ2) is 7.25. The van der Waals surface area contributed by atoms with Gasteiger partial charge in [0.1, 0.15) is 11.7 Å². The highest BCUT2D eigenvalue weighted by Gasteiger charge is 2.76. The Kier molecular flexibility index (Phi) is 4.64. The summed E-state index contributed by atoms with van der Waals surface area (Å²) in [4.78, 5) is 6.21. The third-order valence-electron chi connectivity index (χ3n) is 10.7. The molecule has 0 amide bonds. The van der Waals surface area contributed by atoms with E-state index in [4.69, 9.17) is 4.74 Å². The minimum absolute atomic E-state index is 0.128. The number of aliphatic hydroxyl groups is 2. The van der Waals surface area contributed by atoms with Crippen LogP contribution in [0.1, 0.15) is 51.0 Å². The molecule has 6 heteroatoms. The molecule has 5 aliphatic rings. The molecule has 2 spiro atoms. The average Bonchev–Trinajstić information content (AvgIpc) is 3.40. The quantitative estimate of drug-likeness (QED) is 0.610. The number of alkyl halides is 1. The molecule has 5 nitrogen and oxygen atoms in total. The molecule has 8 unspecified atom stereocenters. The third kappa shape index (κ3) is 2.61. The van der Waals surface area contributed by atoms with Crippen molar-refractivity contribution in [3.05, 3.63) is 59.9 Å². The van der Waals surface area contributed by atoms with Gasteiger partial charge in [-0.25, -0.2) is 4.39 Å². The summed E-state index contributed by atoms with van der Waals surface area (Å²) in [6, 6.07) is 8.17. The Morgan fingerprint density at radius 1 is 1.14 bits per heavy atom. The Bertz CT molecular complexity index is 1320. The van der Waals surface area contributed by atoms with Crippen molar-refractivity contribution in [1.82, 2.24) is 9.88 Å². The topological polar surface area (TPSA) is 65.8 Å². The Morgan fingerprint density at radius 3 is 2.78 bits per heavy atom. The van der Waals surface area contributed by atoms with E-state index in [1.165, 1.54) is 16.5 Å². The molecule has 3 fully saturated rings. The maximum Gasteiger partial charge on any atom is 0.171 e. The fourth-order valence-corrected chi connectivity index (χ4v) is 8.76. The number of ether oxygens (including phenoxy) is 1. The SMILES string of the molecule is CN(C)C1CC23CCC4(O2)C(=CCC2(C)C(c5cccc6cnccc56)=CCC24)CC3(F)C(O)C1O. The lowest BCUT2D eigenvalue weighted by Gasteiger charge is -2.61. The van der Waals surface area contributed by atoms with E-state index in [0.717, 1.165) is 30.2 Å². The van der Waals surface area contributed by atoms with Gasteiger partial charge in [-0.3, -0.25) is 4.98 Å². The predicted octanol–water partition coefficient (Wildman–Crippen LogP) is 4.43. The minimum atomic E-state index is -1.98. The molecule has 36 heavy (non-hydrogen) atoms. The summed E-state index contributed by atoms with van der Waals surface area (Å²) in [5.41, 5.74) is -0.115. The number of aromatic nitrogens is 1. The first-order chi connectivity index (χ1) is 17.2. The summed E-state index contributed by atoms with van der Waals surface area (Å²) in [6.07, 6.45) is 9.33. The van der Waals surface area contributed by atoms with Crippen LogP contribution < -0.4 is 0 Å². The highest BCUT2D eigenvalue weighted by atomic mass is 19.1. The number of likely N-dealkylation sites (N-methyl/N-ethyl adjacent to an activating group) is 1. The number of benzene rings is 1. The van der Waals surface area contributed by atoms with Crippen molar-refractivity contribution in [3.63, 3.8) is 0 Å². The van der Waals surface area contributed by atoms with Gasteiger partial charge in [0.2, 0.25) is 0 Å². The van der Waals surface area contributed by atoms with Gasteiger partial charge < -0.3 is 19.8 Å². The molecule has 2 bridgehead atoms. The van der Waals surface area contributed by atoms with E-state index < -0.39 is 29.1 Å². The molecule has 1 saturated carbocycles. The maximum absolute atomic E-state index is 16.9. The molecule has 2 N–H and O–H groups in total. The molecule has 0 radical (unpaired) electrons. The molecular formula is C30H35FN2O3. The van der Waals surface area contributed by atoms with E-state index in [-0.39, 0.29) is 23.8 Å². The summed E-state index contributed by atoms with van der Waals surface area (Å²) in [7, 11) is 3.76. The van der Waals surface area contributed by atoms with Crippen LogP contribution in [0.15, 0.2) is 54.4 Å². The lowest BCUT2D eigenvalue weighted by atomic mass is 9.56. The molecule has 1 aromatic carbocycles. The van der Waals surface area contributed by atoms with Crippen molar-refractivity contribution < 1.29 is 19.3 Å². The van der Waals surface area contributed by atoms with Gasteiger partial charge in [-0.1, -0.05) is 37.3 Å². The molecule has 2 saturated heterocycles. The molecule has 2 aliphatic heterocycles. The van der Waals surface area contributed by atoms with Gasteiger partial charge in [0.15, 0.2) is 5.67 Å². The second-order valence-corrected chi connectivity index (χ2v) is 12.4. The van der Waals surface area contributed by atoms with Gasteiger partial charge in [0.25, 0.3) is 0 Å². The molecule has 1 aromatic heterocycles. The van der Waals surface area contributed by atoms with Crippen LogP contribution in [0.2, 0.25) is 0 Å². The zero-order valence-electron chi connectivity index (χ0n) is 21.2. The van der Waals surface area contributed by atoms with E-state index >= 15 is 4.39 Å². The standard InChI is InChI=1S/C30H35FN2O3/c1-27-11-9-19-15-30(31)26(35)25(34)23(33(2)3)16-28(30)12-13-29(19,36-28)24(27)8-7-22(27)21-6-4-5-18-17-32-14-10-20(18)21/h4-7,9-10,14,17,23-26,34-35H,8,11-13,15-16H2,1-3H3. The Balaban J connectivity index is 1.32. The normalized spacial score (nSPS) is 45.2. The van der Waals surface area contributed by atoms with E-state index in [0.29, 0.717) is 12.8 Å². The van der Waals surface area contributed by atoms with E-state index in [2.05, 4.69) is 48.3 Å². The summed E-state index contributed by atoms with van der Waals surface area (Å²) in [5.74, 6) is 0.211. The van der Waals surface area contributed by atoms with Gasteiger partial charge in [0, 0.05) is 41.6 Å². The van der Waals surface area contributed by atoms with Crippen LogP contribution in [0.4, 0.5) is 4.39 Å². The summed E-state index contributed by atoms with van der Waals surface area (Å²) >= 11 is 0. The lowest BCUT2D eigenvalue weighted by molar-refractivity contribution is -0.282. The lowest BCUT2D eigenvalue weighted by Crippen LogP contribution is -2.73. The van der Waals surface area contributed by atoms with Crippen molar-refractivity contribution >= 4 is 16.3 Å². The Morgan fingerprint density at radius 2 is 1.97 bits per heavy atom. The number of aliphatic hydroxyl groups excluding tert-OH is 2. The number of halogens is 1. The van der Waals surface area contributed by atoms with E-state index in [9.17, 15) is 10.2 Å². The maximum atomic E-state index is 16.9. The van der Waals surface area contributed by atoms with Crippen molar-refractivity contribution in [3.8, 4) is 0 Å². The van der Waals surface area contributed by atoms with Crippen molar-refractivity contribution in [2.45, 2.75) is 80.6 Å². The molecule has 3 aliphatic carbocycles. The smallest absolute Gasteiger partial charge is 0.171 e. The molecule has 7 rings (SSSR count). The fourth-order valence-electron chi connectivity index (χ4n) is 8.76. The van der Waals surface area contributed by atoms with Crippen LogP contribution in [0.5, 0.6) is 0 Å². The van der Waals surface area contributed by atoms with Crippen LogP contribution in [0.25, 0.3) is 16.3 Å². The molecule has 8 atom stereocenters. The summed E-state index contributed by atoms with van der Waals surface area (Å²) < 4.78 is 23.9. The minimum Gasteiger partial charge on any atom is -0.389 e. The number of nitrogens with zero attached hydrogens (tertiary/aromatic N) is 2. The zero-order valence-corrected chi connectivity index (χ0v) is 21.2. The Labute approximate surface area is 211 Å². The van der Waals surface area contributed by atoms with Crippen molar-refractivity contribution in [1.29, 1.82) is 0 Å². The van der Waals surface area contributed by atoms with Gasteiger partial charge in [-0.05, 0) is 74.4 Å². The molecular weight excluding hydrogens is 455 g/mol. The van der Waals surface area contributed by atoms with E-state index in [1.807, 2.05) is 31.4 Å². The average molecular weight is 491 g/mol. The van der Waals surface area contributed by atoms with Crippen LogP contribution in [-0.2, 0) is 4.74 Å². The van der Waals surface area contributed by atoms with E-state index in [1.54, 1.807) is 0 Å². The number of hydrogen-bond donors (Lipinski definition) is 2. The number of allylic oxidation sites excluding steroid dienone is 3. The predicted molar refractivity (Wildman–Crippen MR) is 137 cm³/mol. The fraction of sp³-hybridized carbons (Fsp3) is 0.567. The van der Waals surface area contributed by atoms with Crippen LogP contribution in [-0.4, -0.2) is 69.3 Å². The number of pyridine rings is 1. The first-order valence-corrected chi connectivity index (χ1v) is 13.3. The van der Waals surface area contributed by atoms with Crippen LogP contribution in [0.3, 0.4) is 0 Å². The molecule has 190 valence electrons. The van der Waals surface area contributed by atoms with Crippen LogP contribution >= 0.6 is 0 Å².